The summed E-state index contributed by atoms with van der Waals surface area (Å²) < 4.78 is 0. The second-order valence-electron chi connectivity index (χ2n) is 4.66. The van der Waals surface area contributed by atoms with Crippen LogP contribution in [0, 0.1) is 0 Å². The molecule has 4 N–H and O–H groups in total. The minimum Gasteiger partial charge on any atom is -0.388 e. The van der Waals surface area contributed by atoms with Crippen molar-refractivity contribution in [1.29, 1.82) is 0 Å². The predicted molar refractivity (Wildman–Crippen MR) is 70.7 cm³/mol. The molecule has 4 heteroatoms. The third-order valence-corrected chi connectivity index (χ3v) is 3.29. The minimum atomic E-state index is -0.741. The van der Waals surface area contributed by atoms with Crippen LogP contribution in [0.1, 0.15) is 58.8 Å². The molecule has 0 aliphatic carbocycles. The van der Waals surface area contributed by atoms with Gasteiger partial charge in [-0.05, 0) is 32.2 Å². The summed E-state index contributed by atoms with van der Waals surface area (Å²) in [7, 11) is 0. The maximum Gasteiger partial charge on any atom is 0.220 e. The number of nitrogens with two attached hydrogens (primary N) is 1. The summed E-state index contributed by atoms with van der Waals surface area (Å²) in [4.78, 5) is 11.5. The van der Waals surface area contributed by atoms with E-state index in [2.05, 4.69) is 5.32 Å². The first kappa shape index (κ1) is 16.4. The Kier molecular flexibility index (Phi) is 9.09. The average molecular weight is 244 g/mol. The zero-order chi connectivity index (χ0) is 13.1. The topological polar surface area (TPSA) is 75.3 Å². The van der Waals surface area contributed by atoms with Crippen molar-refractivity contribution in [2.45, 2.75) is 64.4 Å². The molecule has 0 aromatic rings. The maximum absolute atomic E-state index is 11.5. The fraction of sp³-hybridized carbons (Fsp3) is 0.923. The molecule has 17 heavy (non-hydrogen) atoms. The molecule has 0 atom stereocenters. The lowest BCUT2D eigenvalue weighted by Gasteiger charge is -2.25. The van der Waals surface area contributed by atoms with Crippen molar-refractivity contribution < 1.29 is 9.90 Å². The summed E-state index contributed by atoms with van der Waals surface area (Å²) in [5.74, 6) is 0.0399. The van der Waals surface area contributed by atoms with Crippen LogP contribution in [0.5, 0.6) is 0 Å². The number of rotatable bonds is 10. The summed E-state index contributed by atoms with van der Waals surface area (Å²) >= 11 is 0. The molecular formula is C13H28N2O2. The van der Waals surface area contributed by atoms with Crippen LogP contribution in [0.25, 0.3) is 0 Å². The standard InChI is InChI=1S/C13H28N2O2/c1-3-13(17,4-2)11-15-12(16)9-7-5-6-8-10-14/h17H,3-11,14H2,1-2H3,(H,15,16). The molecule has 0 aromatic carbocycles. The highest BCUT2D eigenvalue weighted by atomic mass is 16.3. The molecule has 0 bridgehead atoms. The van der Waals surface area contributed by atoms with Gasteiger partial charge in [-0.25, -0.2) is 0 Å². The lowest BCUT2D eigenvalue weighted by atomic mass is 9.97. The maximum atomic E-state index is 11.5. The van der Waals surface area contributed by atoms with Gasteiger partial charge in [0.15, 0.2) is 0 Å². The van der Waals surface area contributed by atoms with E-state index in [0.29, 0.717) is 25.8 Å². The van der Waals surface area contributed by atoms with Crippen molar-refractivity contribution in [1.82, 2.24) is 5.32 Å². The van der Waals surface area contributed by atoms with Crippen molar-refractivity contribution in [2.75, 3.05) is 13.1 Å². The smallest absolute Gasteiger partial charge is 0.220 e. The number of carbonyl (C=O) groups is 1. The molecule has 4 nitrogen and oxygen atoms in total. The zero-order valence-corrected chi connectivity index (χ0v) is 11.3. The quantitative estimate of drug-likeness (QED) is 0.510. The molecule has 0 radical (unpaired) electrons. The molecule has 0 spiro atoms. The largest absolute Gasteiger partial charge is 0.388 e. The lowest BCUT2D eigenvalue weighted by molar-refractivity contribution is -0.122. The van der Waals surface area contributed by atoms with E-state index in [0.717, 1.165) is 32.2 Å². The van der Waals surface area contributed by atoms with Crippen LogP contribution in [0.3, 0.4) is 0 Å². The number of aliphatic hydroxyl groups is 1. The van der Waals surface area contributed by atoms with Crippen LogP contribution >= 0.6 is 0 Å². The first-order chi connectivity index (χ1) is 8.08. The fourth-order valence-corrected chi connectivity index (χ4v) is 1.63. The van der Waals surface area contributed by atoms with E-state index in [1.54, 1.807) is 0 Å². The van der Waals surface area contributed by atoms with Gasteiger partial charge in [0.25, 0.3) is 0 Å². The van der Waals surface area contributed by atoms with Gasteiger partial charge in [0.05, 0.1) is 5.60 Å². The third-order valence-electron chi connectivity index (χ3n) is 3.29. The van der Waals surface area contributed by atoms with Crippen LogP contribution in [0.15, 0.2) is 0 Å². The highest BCUT2D eigenvalue weighted by molar-refractivity contribution is 5.75. The van der Waals surface area contributed by atoms with E-state index < -0.39 is 5.60 Å². The lowest BCUT2D eigenvalue weighted by Crippen LogP contribution is -2.41. The molecule has 0 fully saturated rings. The Morgan fingerprint density at radius 1 is 1.18 bits per heavy atom. The number of unbranched alkanes of at least 4 members (excludes halogenated alkanes) is 3. The van der Waals surface area contributed by atoms with E-state index in [9.17, 15) is 9.90 Å². The summed E-state index contributed by atoms with van der Waals surface area (Å²) in [6.07, 6.45) is 5.97. The zero-order valence-electron chi connectivity index (χ0n) is 11.3. The summed E-state index contributed by atoms with van der Waals surface area (Å²) in [6.45, 7) is 4.96. The molecule has 0 aromatic heterocycles. The minimum absolute atomic E-state index is 0.0399. The predicted octanol–water partition coefficient (Wildman–Crippen LogP) is 1.56. The monoisotopic (exact) mass is 244 g/mol. The van der Waals surface area contributed by atoms with Gasteiger partial charge in [-0.15, -0.1) is 0 Å². The number of carbonyl (C=O) groups excluding carboxylic acids is 1. The highest BCUT2D eigenvalue weighted by Crippen LogP contribution is 2.13. The van der Waals surface area contributed by atoms with Crippen LogP contribution in [0.2, 0.25) is 0 Å². The Bertz CT molecular complexity index is 204. The average Bonchev–Trinajstić information content (AvgIpc) is 2.35. The molecule has 102 valence electrons. The molecule has 0 saturated heterocycles. The fourth-order valence-electron chi connectivity index (χ4n) is 1.63. The molecule has 1 amide bonds. The van der Waals surface area contributed by atoms with Crippen molar-refractivity contribution in [3.05, 3.63) is 0 Å². The van der Waals surface area contributed by atoms with E-state index in [1.165, 1.54) is 0 Å². The van der Waals surface area contributed by atoms with Crippen LogP contribution in [-0.4, -0.2) is 29.7 Å². The summed E-state index contributed by atoms with van der Waals surface area (Å²) in [5.41, 5.74) is 4.65. The molecular weight excluding hydrogens is 216 g/mol. The Balaban J connectivity index is 3.59. The third kappa shape index (κ3) is 8.16. The van der Waals surface area contributed by atoms with Crippen LogP contribution in [-0.2, 0) is 4.79 Å². The number of nitrogens with one attached hydrogen (secondary N) is 1. The molecule has 0 aliphatic rings. The molecule has 0 rings (SSSR count). The number of amides is 1. The van der Waals surface area contributed by atoms with Gasteiger partial charge in [0, 0.05) is 13.0 Å². The first-order valence-corrected chi connectivity index (χ1v) is 6.77. The van der Waals surface area contributed by atoms with Crippen molar-refractivity contribution in [3.63, 3.8) is 0 Å². The van der Waals surface area contributed by atoms with Crippen LogP contribution in [0.4, 0.5) is 0 Å². The second kappa shape index (κ2) is 9.42. The molecule has 0 unspecified atom stereocenters. The summed E-state index contributed by atoms with van der Waals surface area (Å²) in [5, 5.41) is 12.8. The molecule has 0 saturated carbocycles. The van der Waals surface area contributed by atoms with Gasteiger partial charge in [-0.3, -0.25) is 4.79 Å². The van der Waals surface area contributed by atoms with Gasteiger partial charge < -0.3 is 16.2 Å². The van der Waals surface area contributed by atoms with Gasteiger partial charge in [0.2, 0.25) is 5.91 Å². The normalized spacial score (nSPS) is 11.5. The Hall–Kier alpha value is -0.610. The number of hydrogen-bond acceptors (Lipinski definition) is 3. The molecule has 0 aliphatic heterocycles. The summed E-state index contributed by atoms with van der Waals surface area (Å²) in [6, 6.07) is 0. The highest BCUT2D eigenvalue weighted by Gasteiger charge is 2.22. The molecule has 0 heterocycles. The first-order valence-electron chi connectivity index (χ1n) is 6.77. The second-order valence-corrected chi connectivity index (χ2v) is 4.66. The number of hydrogen-bond donors (Lipinski definition) is 3. The van der Waals surface area contributed by atoms with Crippen molar-refractivity contribution >= 4 is 5.91 Å². The van der Waals surface area contributed by atoms with Crippen molar-refractivity contribution in [3.8, 4) is 0 Å². The van der Waals surface area contributed by atoms with E-state index >= 15 is 0 Å². The van der Waals surface area contributed by atoms with Gasteiger partial charge >= 0.3 is 0 Å². The van der Waals surface area contributed by atoms with Crippen molar-refractivity contribution in [2.24, 2.45) is 5.73 Å². The Morgan fingerprint density at radius 3 is 2.29 bits per heavy atom. The van der Waals surface area contributed by atoms with Crippen LogP contribution < -0.4 is 11.1 Å². The van der Waals surface area contributed by atoms with Gasteiger partial charge in [-0.1, -0.05) is 26.7 Å². The van der Waals surface area contributed by atoms with E-state index in [4.69, 9.17) is 5.73 Å². The van der Waals surface area contributed by atoms with Gasteiger partial charge in [0.1, 0.15) is 0 Å². The van der Waals surface area contributed by atoms with E-state index in [-0.39, 0.29) is 5.91 Å². The Labute approximate surface area is 105 Å². The Morgan fingerprint density at radius 2 is 1.76 bits per heavy atom. The SMILES string of the molecule is CCC(O)(CC)CNC(=O)CCCCCCN. The van der Waals surface area contributed by atoms with Gasteiger partial charge in [-0.2, -0.15) is 0 Å². The van der Waals surface area contributed by atoms with E-state index in [1.807, 2.05) is 13.8 Å².